The van der Waals surface area contributed by atoms with Gasteiger partial charge >= 0.3 is 23.9 Å². The summed E-state index contributed by atoms with van der Waals surface area (Å²) in [7, 11) is 0. The second-order valence-corrected chi connectivity index (χ2v) is 22.8. The lowest BCUT2D eigenvalue weighted by molar-refractivity contribution is -0.151. The van der Waals surface area contributed by atoms with Crippen LogP contribution in [0.15, 0.2) is 0 Å². The molecule has 0 aromatic rings. The molecule has 0 saturated carbocycles. The molecular weight excluding hydrogens is 953 g/mol. The Bertz CT molecular complexity index is 1180. The van der Waals surface area contributed by atoms with Gasteiger partial charge < -0.3 is 18.9 Å². The van der Waals surface area contributed by atoms with Crippen molar-refractivity contribution in [2.75, 3.05) is 105 Å². The van der Waals surface area contributed by atoms with Gasteiger partial charge in [-0.05, 0) is 51.4 Å². The fourth-order valence-corrected chi connectivity index (χ4v) is 10.6. The zero-order chi connectivity index (χ0) is 55.7. The number of rotatable bonds is 54. The highest BCUT2D eigenvalue weighted by Crippen LogP contribution is 2.23. The molecule has 4 atom stereocenters. The van der Waals surface area contributed by atoms with Crippen LogP contribution in [0.4, 0.5) is 0 Å². The van der Waals surface area contributed by atoms with Gasteiger partial charge in [-0.1, -0.05) is 209 Å². The Morgan fingerprint density at radius 2 is 0.513 bits per heavy atom. The molecule has 1 heterocycles. The van der Waals surface area contributed by atoms with Crippen LogP contribution in [0.1, 0.15) is 261 Å². The molecule has 4 unspecified atom stereocenters. The lowest BCUT2D eigenvalue weighted by Crippen LogP contribution is -2.50. The molecular formula is C64H124N4O8. The fourth-order valence-electron chi connectivity index (χ4n) is 10.6. The predicted octanol–water partition coefficient (Wildman–Crippen LogP) is 14.5. The monoisotopic (exact) mass is 1080 g/mol. The van der Waals surface area contributed by atoms with Crippen molar-refractivity contribution in [2.24, 2.45) is 23.7 Å². The first-order chi connectivity index (χ1) is 37.1. The summed E-state index contributed by atoms with van der Waals surface area (Å²) in [5, 5.41) is 0. The molecule has 0 radical (unpaired) electrons. The molecule has 0 amide bonds. The molecule has 1 aliphatic rings. The van der Waals surface area contributed by atoms with Crippen LogP contribution in [0.3, 0.4) is 0 Å². The van der Waals surface area contributed by atoms with Crippen LogP contribution in [0, 0.1) is 23.7 Å². The van der Waals surface area contributed by atoms with E-state index in [4.69, 9.17) is 18.9 Å². The predicted molar refractivity (Wildman–Crippen MR) is 317 cm³/mol. The minimum Gasteiger partial charge on any atom is -0.464 e. The molecule has 448 valence electrons. The maximum Gasteiger partial charge on any atom is 0.308 e. The van der Waals surface area contributed by atoms with E-state index in [0.717, 1.165) is 181 Å². The number of unbranched alkanes of at least 4 members (excludes halogenated alkanes) is 16. The van der Waals surface area contributed by atoms with Crippen LogP contribution < -0.4 is 0 Å². The second kappa shape index (κ2) is 50.9. The third-order valence-corrected chi connectivity index (χ3v) is 16.1. The van der Waals surface area contributed by atoms with Gasteiger partial charge in [0, 0.05) is 78.5 Å². The third-order valence-electron chi connectivity index (χ3n) is 16.1. The molecule has 1 rings (SSSR count). The van der Waals surface area contributed by atoms with Gasteiger partial charge in [0.1, 0.15) is 26.4 Å². The van der Waals surface area contributed by atoms with Gasteiger partial charge in [0.2, 0.25) is 0 Å². The summed E-state index contributed by atoms with van der Waals surface area (Å²) in [5.74, 6) is -0.328. The number of ether oxygens (including phenoxy) is 4. The standard InChI is InChI=1S/C64H124N4O8/c1-9-17-25-29-37-57(33-21-13-5)61(69)73-53-49-67(50-54-74-62(70)58(34-22-14-6)38-30-26-18-10-2)47-45-65-41-43-66(44-42-65)46-48-68(51-55-75-63(71)59(35-23-15-7)39-31-27-19-11-3)52-56-76-64(72)60(36-24-16-8)40-32-28-20-12-4/h57-60H,9-56H2,1-8H3. The number of hydrogen-bond acceptors (Lipinski definition) is 12. The van der Waals surface area contributed by atoms with E-state index in [1.165, 1.54) is 77.0 Å². The van der Waals surface area contributed by atoms with Crippen LogP contribution in [0.25, 0.3) is 0 Å². The molecule has 0 aliphatic carbocycles. The highest BCUT2D eigenvalue weighted by atomic mass is 16.5. The molecule has 0 aromatic carbocycles. The zero-order valence-electron chi connectivity index (χ0n) is 51.3. The first kappa shape index (κ1) is 71.7. The minimum atomic E-state index is -0.0525. The Labute approximate surface area is 469 Å². The summed E-state index contributed by atoms with van der Waals surface area (Å²) in [6.07, 6.45) is 34.2. The lowest BCUT2D eigenvalue weighted by Gasteiger charge is -2.36. The Morgan fingerprint density at radius 3 is 0.724 bits per heavy atom. The molecule has 76 heavy (non-hydrogen) atoms. The summed E-state index contributed by atoms with van der Waals surface area (Å²) in [4.78, 5) is 63.4. The van der Waals surface area contributed by atoms with Crippen LogP contribution in [0.2, 0.25) is 0 Å². The van der Waals surface area contributed by atoms with E-state index in [0.29, 0.717) is 52.6 Å². The van der Waals surface area contributed by atoms with Gasteiger partial charge in [0.25, 0.3) is 0 Å². The normalized spacial score (nSPS) is 15.0. The van der Waals surface area contributed by atoms with E-state index in [-0.39, 0.29) is 47.5 Å². The average molecular weight is 1080 g/mol. The largest absolute Gasteiger partial charge is 0.464 e. The number of nitrogens with zero attached hydrogens (tertiary/aromatic N) is 4. The summed E-state index contributed by atoms with van der Waals surface area (Å²) in [6, 6.07) is 0. The topological polar surface area (TPSA) is 118 Å². The Morgan fingerprint density at radius 1 is 0.303 bits per heavy atom. The highest BCUT2D eigenvalue weighted by molar-refractivity contribution is 5.73. The number of esters is 4. The van der Waals surface area contributed by atoms with Gasteiger partial charge in [-0.2, -0.15) is 0 Å². The van der Waals surface area contributed by atoms with Gasteiger partial charge in [0.15, 0.2) is 0 Å². The van der Waals surface area contributed by atoms with E-state index in [1.807, 2.05) is 0 Å². The molecule has 1 saturated heterocycles. The van der Waals surface area contributed by atoms with Gasteiger partial charge in [0.05, 0.1) is 23.7 Å². The highest BCUT2D eigenvalue weighted by Gasteiger charge is 2.25. The third kappa shape index (κ3) is 37.6. The molecule has 12 nitrogen and oxygen atoms in total. The number of hydrogen-bond donors (Lipinski definition) is 0. The van der Waals surface area contributed by atoms with E-state index >= 15 is 0 Å². The van der Waals surface area contributed by atoms with Crippen molar-refractivity contribution in [1.29, 1.82) is 0 Å². The molecule has 0 N–H and O–H groups in total. The van der Waals surface area contributed by atoms with Crippen molar-refractivity contribution in [1.82, 2.24) is 19.6 Å². The van der Waals surface area contributed by atoms with Crippen molar-refractivity contribution < 1.29 is 38.1 Å². The number of piperazine rings is 1. The second-order valence-electron chi connectivity index (χ2n) is 22.8. The van der Waals surface area contributed by atoms with Crippen molar-refractivity contribution >= 4 is 23.9 Å². The van der Waals surface area contributed by atoms with Crippen molar-refractivity contribution in [3.63, 3.8) is 0 Å². The van der Waals surface area contributed by atoms with Crippen LogP contribution in [-0.4, -0.2) is 148 Å². The Balaban J connectivity index is 3.00. The summed E-state index contributed by atoms with van der Waals surface area (Å²) in [6.45, 7) is 28.7. The van der Waals surface area contributed by atoms with Gasteiger partial charge in [-0.3, -0.25) is 38.8 Å². The molecule has 1 aliphatic heterocycles. The molecule has 1 fully saturated rings. The smallest absolute Gasteiger partial charge is 0.308 e. The van der Waals surface area contributed by atoms with Crippen molar-refractivity contribution in [3.05, 3.63) is 0 Å². The molecule has 12 heteroatoms. The molecule has 0 bridgehead atoms. The quantitative estimate of drug-likeness (QED) is 0.0328. The van der Waals surface area contributed by atoms with Gasteiger partial charge in [-0.25, -0.2) is 0 Å². The van der Waals surface area contributed by atoms with Crippen LogP contribution >= 0.6 is 0 Å². The Hall–Kier alpha value is -2.28. The van der Waals surface area contributed by atoms with Crippen LogP contribution in [-0.2, 0) is 38.1 Å². The maximum atomic E-state index is 13.4. The summed E-state index contributed by atoms with van der Waals surface area (Å²) < 4.78 is 24.1. The maximum absolute atomic E-state index is 13.4. The Kier molecular flexibility index (Phi) is 48.0. The zero-order valence-corrected chi connectivity index (χ0v) is 51.3. The average Bonchev–Trinajstić information content (AvgIpc) is 3.42. The number of carbonyl (C=O) groups excluding carboxylic acids is 4. The molecule has 0 aromatic heterocycles. The van der Waals surface area contributed by atoms with Crippen molar-refractivity contribution in [3.8, 4) is 0 Å². The van der Waals surface area contributed by atoms with E-state index in [9.17, 15) is 19.2 Å². The summed E-state index contributed by atoms with van der Waals surface area (Å²) >= 11 is 0. The first-order valence-corrected chi connectivity index (χ1v) is 32.7. The summed E-state index contributed by atoms with van der Waals surface area (Å²) in [5.41, 5.74) is 0. The van der Waals surface area contributed by atoms with Gasteiger partial charge in [-0.15, -0.1) is 0 Å². The fraction of sp³-hybridized carbons (Fsp3) is 0.938. The van der Waals surface area contributed by atoms with E-state index < -0.39 is 0 Å². The van der Waals surface area contributed by atoms with Crippen molar-refractivity contribution in [2.45, 2.75) is 261 Å². The SMILES string of the molecule is CCCCCCC(CCCC)C(=O)OCCN(CCOC(=O)C(CCCC)CCCCCC)CCN1CCN(CCN(CCOC(=O)C(CCCC)CCCCCC)CCOC(=O)C(CCCC)CCCCCC)CC1. The molecule has 0 spiro atoms. The van der Waals surface area contributed by atoms with E-state index in [1.54, 1.807) is 0 Å². The first-order valence-electron chi connectivity index (χ1n) is 32.7. The lowest BCUT2D eigenvalue weighted by atomic mass is 9.95. The number of carbonyl (C=O) groups is 4. The van der Waals surface area contributed by atoms with Crippen LogP contribution in [0.5, 0.6) is 0 Å². The minimum absolute atomic E-state index is 0.0296. The van der Waals surface area contributed by atoms with E-state index in [2.05, 4.69) is 75.0 Å².